The molecule has 4 rings (SSSR count). The minimum atomic E-state index is 0.196. The Kier molecular flexibility index (Phi) is 7.47. The number of pyridine rings is 1. The second-order valence-electron chi connectivity index (χ2n) is 8.14. The quantitative estimate of drug-likeness (QED) is 0.298. The number of nitrogens with zero attached hydrogens (tertiary/aromatic N) is 4. The molecule has 0 unspecified atom stereocenters. The number of para-hydroxylation sites is 1. The molecule has 0 aliphatic heterocycles. The van der Waals surface area contributed by atoms with Gasteiger partial charge in [-0.15, -0.1) is 11.3 Å². The maximum atomic E-state index is 9.55. The third-order valence-electron chi connectivity index (χ3n) is 5.81. The van der Waals surface area contributed by atoms with Crippen molar-refractivity contribution >= 4 is 33.3 Å². The summed E-state index contributed by atoms with van der Waals surface area (Å²) in [6.45, 7) is 7.60. The first-order valence-corrected chi connectivity index (χ1v) is 12.1. The van der Waals surface area contributed by atoms with E-state index in [2.05, 4.69) is 28.6 Å². The van der Waals surface area contributed by atoms with Gasteiger partial charge in [-0.3, -0.25) is 4.98 Å². The van der Waals surface area contributed by atoms with E-state index in [1.165, 1.54) is 0 Å². The minimum absolute atomic E-state index is 0.196. The van der Waals surface area contributed by atoms with Crippen LogP contribution < -0.4 is 10.6 Å². The zero-order valence-electron chi connectivity index (χ0n) is 19.3. The summed E-state index contributed by atoms with van der Waals surface area (Å²) < 4.78 is 1.14. The Hall–Kier alpha value is -3.10. The number of aromatic nitrogens is 4. The van der Waals surface area contributed by atoms with Crippen molar-refractivity contribution in [3.05, 3.63) is 59.5 Å². The molecular weight excluding hydrogens is 432 g/mol. The summed E-state index contributed by atoms with van der Waals surface area (Å²) in [6.07, 6.45) is 3.61. The number of thiazole rings is 1. The van der Waals surface area contributed by atoms with Crippen molar-refractivity contribution in [3.8, 4) is 10.6 Å². The number of fused-ring (bicyclic) bond motifs is 1. The van der Waals surface area contributed by atoms with Crippen LogP contribution in [0.2, 0.25) is 0 Å². The van der Waals surface area contributed by atoms with Crippen LogP contribution in [0.3, 0.4) is 0 Å². The predicted octanol–water partition coefficient (Wildman–Crippen LogP) is 5.20. The first-order valence-electron chi connectivity index (χ1n) is 11.3. The Bertz CT molecular complexity index is 1190. The molecule has 33 heavy (non-hydrogen) atoms. The van der Waals surface area contributed by atoms with Gasteiger partial charge in [-0.1, -0.05) is 31.5 Å². The van der Waals surface area contributed by atoms with Crippen LogP contribution in [0.5, 0.6) is 0 Å². The largest absolute Gasteiger partial charge is 0.396 e. The summed E-state index contributed by atoms with van der Waals surface area (Å²) in [4.78, 5) is 18.8. The number of hydrogen-bond acceptors (Lipinski definition) is 8. The first-order chi connectivity index (χ1) is 16.1. The van der Waals surface area contributed by atoms with E-state index in [1.807, 2.05) is 44.2 Å². The normalized spacial score (nSPS) is 12.1. The molecule has 0 aliphatic carbocycles. The lowest BCUT2D eigenvalue weighted by molar-refractivity contribution is 0.217. The summed E-state index contributed by atoms with van der Waals surface area (Å²) in [5.41, 5.74) is 4.86. The van der Waals surface area contributed by atoms with Gasteiger partial charge in [-0.2, -0.15) is 4.98 Å². The van der Waals surface area contributed by atoms with Gasteiger partial charge in [0.2, 0.25) is 5.95 Å². The number of anilines is 2. The van der Waals surface area contributed by atoms with Gasteiger partial charge >= 0.3 is 0 Å². The summed E-state index contributed by atoms with van der Waals surface area (Å²) in [7, 11) is 0. The van der Waals surface area contributed by atoms with E-state index in [0.717, 1.165) is 56.4 Å². The second-order valence-corrected chi connectivity index (χ2v) is 9.17. The topological polar surface area (TPSA) is 95.8 Å². The molecule has 3 heterocycles. The maximum Gasteiger partial charge on any atom is 0.225 e. The van der Waals surface area contributed by atoms with Gasteiger partial charge in [0.1, 0.15) is 10.8 Å². The Morgan fingerprint density at radius 2 is 1.88 bits per heavy atom. The van der Waals surface area contributed by atoms with E-state index in [-0.39, 0.29) is 12.5 Å². The van der Waals surface area contributed by atoms with E-state index >= 15 is 0 Å². The third-order valence-corrected chi connectivity index (χ3v) is 6.86. The Morgan fingerprint density at radius 1 is 1.03 bits per heavy atom. The fraction of sp³-hybridized carbons (Fsp3) is 0.360. The van der Waals surface area contributed by atoms with Crippen molar-refractivity contribution in [1.29, 1.82) is 0 Å². The van der Waals surface area contributed by atoms with Crippen LogP contribution >= 0.6 is 11.3 Å². The monoisotopic (exact) mass is 462 g/mol. The second kappa shape index (κ2) is 10.7. The number of aliphatic hydroxyl groups excluding tert-OH is 1. The number of rotatable bonds is 10. The standard InChI is InChI=1S/C25H30N6OS/c1-4-18(15-32)11-13-27-23-22(24-30-19-9-5-6-10-21(19)33-24)17(3)29-25(31-23)28-14-20-16(2)8-7-12-26-20/h5-10,12,18,32H,4,11,13-15H2,1-3H3,(H2,27,28,29,31)/t18-/m1/s1. The highest BCUT2D eigenvalue weighted by atomic mass is 32.1. The Morgan fingerprint density at radius 3 is 2.64 bits per heavy atom. The van der Waals surface area contributed by atoms with E-state index in [1.54, 1.807) is 17.5 Å². The molecule has 3 aromatic heterocycles. The van der Waals surface area contributed by atoms with Crippen molar-refractivity contribution < 1.29 is 5.11 Å². The fourth-order valence-corrected chi connectivity index (χ4v) is 4.76. The number of benzene rings is 1. The lowest BCUT2D eigenvalue weighted by atomic mass is 10.0. The highest BCUT2D eigenvalue weighted by molar-refractivity contribution is 7.21. The minimum Gasteiger partial charge on any atom is -0.396 e. The molecule has 172 valence electrons. The van der Waals surface area contributed by atoms with Crippen molar-refractivity contribution in [2.24, 2.45) is 5.92 Å². The zero-order valence-corrected chi connectivity index (χ0v) is 20.1. The van der Waals surface area contributed by atoms with Gasteiger partial charge in [-0.05, 0) is 49.9 Å². The SMILES string of the molecule is CC[C@@H](CO)CCNc1nc(NCc2ncccc2C)nc(C)c1-c1nc2ccccc2s1. The molecule has 0 radical (unpaired) electrons. The Balaban J connectivity index is 1.64. The highest BCUT2D eigenvalue weighted by Crippen LogP contribution is 2.36. The zero-order chi connectivity index (χ0) is 23.2. The molecule has 3 N–H and O–H groups in total. The fourth-order valence-electron chi connectivity index (χ4n) is 3.70. The van der Waals surface area contributed by atoms with Crippen LogP contribution in [0.1, 0.15) is 36.7 Å². The number of aliphatic hydroxyl groups is 1. The van der Waals surface area contributed by atoms with E-state index < -0.39 is 0 Å². The molecule has 0 saturated carbocycles. The number of hydrogen-bond donors (Lipinski definition) is 3. The van der Waals surface area contributed by atoms with Crippen LogP contribution in [-0.2, 0) is 6.54 Å². The van der Waals surface area contributed by atoms with Crippen LogP contribution in [-0.4, -0.2) is 38.2 Å². The molecule has 0 bridgehead atoms. The molecular formula is C25H30N6OS. The van der Waals surface area contributed by atoms with Crippen molar-refractivity contribution in [1.82, 2.24) is 19.9 Å². The molecule has 0 aliphatic rings. The molecule has 0 spiro atoms. The van der Waals surface area contributed by atoms with Gasteiger partial charge < -0.3 is 15.7 Å². The van der Waals surface area contributed by atoms with Crippen molar-refractivity contribution in [3.63, 3.8) is 0 Å². The third kappa shape index (κ3) is 5.46. The van der Waals surface area contributed by atoms with Crippen LogP contribution in [0.4, 0.5) is 11.8 Å². The lowest BCUT2D eigenvalue weighted by Gasteiger charge is -2.16. The number of aryl methyl sites for hydroxylation is 2. The molecule has 7 nitrogen and oxygen atoms in total. The van der Waals surface area contributed by atoms with Crippen molar-refractivity contribution in [2.45, 2.75) is 40.2 Å². The van der Waals surface area contributed by atoms with Gasteiger partial charge in [0, 0.05) is 19.3 Å². The Labute approximate surface area is 198 Å². The number of nitrogens with one attached hydrogen (secondary N) is 2. The molecule has 8 heteroatoms. The van der Waals surface area contributed by atoms with Crippen LogP contribution in [0, 0.1) is 19.8 Å². The average molecular weight is 463 g/mol. The van der Waals surface area contributed by atoms with Gasteiger partial charge in [0.25, 0.3) is 0 Å². The van der Waals surface area contributed by atoms with Crippen LogP contribution in [0.15, 0.2) is 42.6 Å². The van der Waals surface area contributed by atoms with E-state index in [0.29, 0.717) is 19.0 Å². The van der Waals surface area contributed by atoms with Crippen molar-refractivity contribution in [2.75, 3.05) is 23.8 Å². The summed E-state index contributed by atoms with van der Waals surface area (Å²) in [5, 5.41) is 17.3. The summed E-state index contributed by atoms with van der Waals surface area (Å²) in [5.74, 6) is 1.59. The molecule has 1 aromatic carbocycles. The average Bonchev–Trinajstić information content (AvgIpc) is 3.25. The van der Waals surface area contributed by atoms with E-state index in [4.69, 9.17) is 15.0 Å². The summed E-state index contributed by atoms with van der Waals surface area (Å²) >= 11 is 1.64. The molecule has 0 saturated heterocycles. The first kappa shape index (κ1) is 23.1. The lowest BCUT2D eigenvalue weighted by Crippen LogP contribution is -2.15. The van der Waals surface area contributed by atoms with Gasteiger partial charge in [0.05, 0.1) is 33.7 Å². The molecule has 0 fully saturated rings. The van der Waals surface area contributed by atoms with Gasteiger partial charge in [-0.25, -0.2) is 9.97 Å². The molecule has 1 atom stereocenters. The maximum absolute atomic E-state index is 9.55. The predicted molar refractivity (Wildman–Crippen MR) is 136 cm³/mol. The van der Waals surface area contributed by atoms with Crippen LogP contribution in [0.25, 0.3) is 20.8 Å². The summed E-state index contributed by atoms with van der Waals surface area (Å²) in [6, 6.07) is 12.1. The highest BCUT2D eigenvalue weighted by Gasteiger charge is 2.18. The molecule has 4 aromatic rings. The smallest absolute Gasteiger partial charge is 0.225 e. The van der Waals surface area contributed by atoms with E-state index in [9.17, 15) is 5.11 Å². The molecule has 0 amide bonds. The van der Waals surface area contributed by atoms with Gasteiger partial charge in [0.15, 0.2) is 0 Å².